The van der Waals surface area contributed by atoms with Gasteiger partial charge in [-0.05, 0) is 60.8 Å². The van der Waals surface area contributed by atoms with Crippen molar-refractivity contribution in [3.63, 3.8) is 0 Å². The lowest BCUT2D eigenvalue weighted by molar-refractivity contribution is -0.274. The van der Waals surface area contributed by atoms with Crippen LogP contribution in [0, 0.1) is 0 Å². The molecule has 0 aromatic heterocycles. The largest absolute Gasteiger partial charge is 0.573 e. The number of benzene rings is 2. The molecular formula is C19H19F3N2O. The van der Waals surface area contributed by atoms with Crippen LogP contribution in [0.2, 0.25) is 0 Å². The Labute approximate surface area is 144 Å². The van der Waals surface area contributed by atoms with Gasteiger partial charge < -0.3 is 15.4 Å². The van der Waals surface area contributed by atoms with Crippen molar-refractivity contribution in [2.24, 2.45) is 0 Å². The zero-order valence-corrected chi connectivity index (χ0v) is 13.6. The van der Waals surface area contributed by atoms with Gasteiger partial charge in [0.2, 0.25) is 0 Å². The van der Waals surface area contributed by atoms with Crippen molar-refractivity contribution in [3.05, 3.63) is 48.0 Å². The normalized spacial score (nSPS) is 22.5. The summed E-state index contributed by atoms with van der Waals surface area (Å²) >= 11 is 0. The van der Waals surface area contributed by atoms with E-state index in [0.29, 0.717) is 12.0 Å². The van der Waals surface area contributed by atoms with Gasteiger partial charge >= 0.3 is 6.36 Å². The Balaban J connectivity index is 1.67. The van der Waals surface area contributed by atoms with Crippen molar-refractivity contribution in [2.45, 2.75) is 31.2 Å². The molecule has 4 rings (SSSR count). The highest BCUT2D eigenvalue weighted by atomic mass is 19.4. The average Bonchev–Trinajstić information content (AvgIpc) is 2.76. The summed E-state index contributed by atoms with van der Waals surface area (Å²) in [6.07, 6.45) is -2.55. The molecule has 25 heavy (non-hydrogen) atoms. The van der Waals surface area contributed by atoms with Crippen molar-refractivity contribution < 1.29 is 17.9 Å². The monoisotopic (exact) mass is 348 g/mol. The lowest BCUT2D eigenvalue weighted by Crippen LogP contribution is -2.21. The molecule has 2 aliphatic rings. The van der Waals surface area contributed by atoms with Gasteiger partial charge in [-0.25, -0.2) is 0 Å². The van der Waals surface area contributed by atoms with E-state index in [1.54, 1.807) is 12.1 Å². The summed E-state index contributed by atoms with van der Waals surface area (Å²) in [5.41, 5.74) is 4.41. The van der Waals surface area contributed by atoms with E-state index in [1.807, 2.05) is 12.1 Å². The lowest BCUT2D eigenvalue weighted by atomic mass is 9.86. The van der Waals surface area contributed by atoms with Crippen LogP contribution in [0.4, 0.5) is 18.9 Å². The van der Waals surface area contributed by atoms with E-state index in [2.05, 4.69) is 21.4 Å². The Morgan fingerprint density at radius 3 is 2.48 bits per heavy atom. The van der Waals surface area contributed by atoms with Crippen LogP contribution in [-0.2, 0) is 0 Å². The zero-order valence-electron chi connectivity index (χ0n) is 13.6. The van der Waals surface area contributed by atoms with Crippen molar-refractivity contribution in [1.29, 1.82) is 0 Å². The van der Waals surface area contributed by atoms with Gasteiger partial charge in [0.15, 0.2) is 0 Å². The smallest absolute Gasteiger partial charge is 0.406 e. The molecule has 2 N–H and O–H groups in total. The van der Waals surface area contributed by atoms with Crippen LogP contribution in [0.3, 0.4) is 0 Å². The van der Waals surface area contributed by atoms with E-state index in [0.717, 1.165) is 42.7 Å². The standard InChI is InChI=1S/C19H19F3N2O/c20-19(21,22)25-13-6-4-12(5-7-13)14-2-1-3-17-18(14)15-8-10-23-11-9-16(15)24-17/h1-7,15-16,23-24H,8-11H2. The van der Waals surface area contributed by atoms with Gasteiger partial charge in [0.05, 0.1) is 0 Å². The molecule has 0 spiro atoms. The molecule has 2 atom stereocenters. The number of fused-ring (bicyclic) bond motifs is 3. The summed E-state index contributed by atoms with van der Waals surface area (Å²) in [6, 6.07) is 12.7. The summed E-state index contributed by atoms with van der Waals surface area (Å²) < 4.78 is 41.0. The molecule has 132 valence electrons. The van der Waals surface area contributed by atoms with Crippen molar-refractivity contribution in [2.75, 3.05) is 18.4 Å². The summed E-state index contributed by atoms with van der Waals surface area (Å²) in [5.74, 6) is 0.228. The van der Waals surface area contributed by atoms with Crippen LogP contribution < -0.4 is 15.4 Å². The first-order valence-corrected chi connectivity index (χ1v) is 8.47. The zero-order chi connectivity index (χ0) is 17.4. The molecule has 0 amide bonds. The Bertz CT molecular complexity index is 758. The van der Waals surface area contributed by atoms with Gasteiger partial charge in [-0.2, -0.15) is 0 Å². The Morgan fingerprint density at radius 2 is 1.72 bits per heavy atom. The number of ether oxygens (including phenoxy) is 1. The van der Waals surface area contributed by atoms with E-state index in [-0.39, 0.29) is 5.75 Å². The maximum absolute atomic E-state index is 12.3. The van der Waals surface area contributed by atoms with Gasteiger partial charge in [-0.3, -0.25) is 0 Å². The molecule has 2 heterocycles. The SMILES string of the molecule is FC(F)(F)Oc1ccc(-c2cccc3c2C2CCNCCC2N3)cc1. The van der Waals surface area contributed by atoms with Crippen LogP contribution >= 0.6 is 0 Å². The number of nitrogens with one attached hydrogen (secondary N) is 2. The highest BCUT2D eigenvalue weighted by Crippen LogP contribution is 2.45. The number of rotatable bonds is 2. The van der Waals surface area contributed by atoms with E-state index in [1.165, 1.54) is 17.7 Å². The van der Waals surface area contributed by atoms with Gasteiger partial charge in [0, 0.05) is 17.6 Å². The van der Waals surface area contributed by atoms with E-state index >= 15 is 0 Å². The fraction of sp³-hybridized carbons (Fsp3) is 0.368. The average molecular weight is 348 g/mol. The molecule has 1 fully saturated rings. The maximum atomic E-state index is 12.3. The number of alkyl halides is 3. The first kappa shape index (κ1) is 16.3. The van der Waals surface area contributed by atoms with Crippen LogP contribution in [0.15, 0.2) is 42.5 Å². The first-order chi connectivity index (χ1) is 12.0. The molecule has 3 nitrogen and oxygen atoms in total. The van der Waals surface area contributed by atoms with Crippen LogP contribution in [0.5, 0.6) is 5.75 Å². The van der Waals surface area contributed by atoms with E-state index in [4.69, 9.17) is 0 Å². The Kier molecular flexibility index (Phi) is 4.07. The molecule has 0 saturated carbocycles. The third-order valence-electron chi connectivity index (χ3n) is 4.97. The minimum atomic E-state index is -4.67. The summed E-state index contributed by atoms with van der Waals surface area (Å²) in [7, 11) is 0. The predicted octanol–water partition coefficient (Wildman–Crippen LogP) is 4.51. The van der Waals surface area contributed by atoms with Gasteiger partial charge in [-0.1, -0.05) is 24.3 Å². The molecule has 1 saturated heterocycles. The van der Waals surface area contributed by atoms with Gasteiger partial charge in [0.1, 0.15) is 5.75 Å². The molecule has 2 aromatic rings. The highest BCUT2D eigenvalue weighted by molar-refractivity contribution is 5.78. The Morgan fingerprint density at radius 1 is 0.960 bits per heavy atom. The summed E-state index contributed by atoms with van der Waals surface area (Å²) in [6.45, 7) is 1.98. The Hall–Kier alpha value is -2.21. The molecular weight excluding hydrogens is 329 g/mol. The van der Waals surface area contributed by atoms with Crippen LogP contribution in [-0.4, -0.2) is 25.5 Å². The van der Waals surface area contributed by atoms with Crippen LogP contribution in [0.1, 0.15) is 24.3 Å². The minimum absolute atomic E-state index is 0.196. The second-order valence-electron chi connectivity index (χ2n) is 6.52. The second-order valence-corrected chi connectivity index (χ2v) is 6.52. The summed E-state index contributed by atoms with van der Waals surface area (Å²) in [4.78, 5) is 0. The molecule has 2 aliphatic heterocycles. The van der Waals surface area contributed by atoms with Gasteiger partial charge in [-0.15, -0.1) is 13.2 Å². The first-order valence-electron chi connectivity index (χ1n) is 8.47. The lowest BCUT2D eigenvalue weighted by Gasteiger charge is -2.18. The molecule has 0 bridgehead atoms. The van der Waals surface area contributed by atoms with E-state index < -0.39 is 6.36 Å². The predicted molar refractivity (Wildman–Crippen MR) is 90.8 cm³/mol. The third kappa shape index (κ3) is 3.31. The molecule has 0 radical (unpaired) electrons. The number of halogens is 3. The minimum Gasteiger partial charge on any atom is -0.406 e. The highest BCUT2D eigenvalue weighted by Gasteiger charge is 2.35. The van der Waals surface area contributed by atoms with Gasteiger partial charge in [0.25, 0.3) is 0 Å². The second kappa shape index (κ2) is 6.26. The van der Waals surface area contributed by atoms with E-state index in [9.17, 15) is 13.2 Å². The maximum Gasteiger partial charge on any atom is 0.573 e. The molecule has 2 unspecified atom stereocenters. The van der Waals surface area contributed by atoms with Crippen molar-refractivity contribution >= 4 is 5.69 Å². The fourth-order valence-electron chi connectivity index (χ4n) is 3.94. The van der Waals surface area contributed by atoms with Crippen molar-refractivity contribution in [1.82, 2.24) is 5.32 Å². The molecule has 6 heteroatoms. The number of hydrogen-bond acceptors (Lipinski definition) is 3. The molecule has 2 aromatic carbocycles. The quantitative estimate of drug-likeness (QED) is 0.838. The number of hydrogen-bond donors (Lipinski definition) is 2. The summed E-state index contributed by atoms with van der Waals surface area (Å²) in [5, 5.41) is 7.05. The van der Waals surface area contributed by atoms with Crippen LogP contribution in [0.25, 0.3) is 11.1 Å². The van der Waals surface area contributed by atoms with Crippen molar-refractivity contribution in [3.8, 4) is 16.9 Å². The third-order valence-corrected chi connectivity index (χ3v) is 4.97. The topological polar surface area (TPSA) is 33.3 Å². The fourth-order valence-corrected chi connectivity index (χ4v) is 3.94. The number of anilines is 1. The molecule has 0 aliphatic carbocycles.